The third-order valence-corrected chi connectivity index (χ3v) is 5.67. The minimum absolute atomic E-state index is 0.348. The summed E-state index contributed by atoms with van der Waals surface area (Å²) in [5.41, 5.74) is 0. The SMILES string of the molecule is CCCSP(=O)(OCC)Oc1cnc(C)nc1. The lowest BCUT2D eigenvalue weighted by Crippen LogP contribution is -1.97. The molecule has 17 heavy (non-hydrogen) atoms. The fourth-order valence-electron chi connectivity index (χ4n) is 1.01. The molecule has 0 saturated carbocycles. The van der Waals surface area contributed by atoms with E-state index in [0.717, 1.165) is 12.2 Å². The third-order valence-electron chi connectivity index (χ3n) is 1.72. The molecule has 1 atom stereocenters. The maximum Gasteiger partial charge on any atom is 0.440 e. The maximum absolute atomic E-state index is 12.3. The Labute approximate surface area is 106 Å². The fraction of sp³-hybridized carbons (Fsp3) is 0.600. The number of rotatable bonds is 7. The number of hydrogen-bond donors (Lipinski definition) is 0. The standard InChI is InChI=1S/C10H17N2O3PS/c1-4-6-17-16(13,14-5-2)15-10-7-11-9(3)12-8-10/h7-8H,4-6H2,1-3H3. The van der Waals surface area contributed by atoms with Crippen LogP contribution in [-0.2, 0) is 9.09 Å². The van der Waals surface area contributed by atoms with Crippen molar-refractivity contribution in [1.29, 1.82) is 0 Å². The van der Waals surface area contributed by atoms with Crippen LogP contribution in [0.4, 0.5) is 0 Å². The van der Waals surface area contributed by atoms with E-state index in [1.54, 1.807) is 13.8 Å². The van der Waals surface area contributed by atoms with Gasteiger partial charge >= 0.3 is 6.80 Å². The number of hydrogen-bond acceptors (Lipinski definition) is 6. The van der Waals surface area contributed by atoms with E-state index in [-0.39, 0.29) is 0 Å². The van der Waals surface area contributed by atoms with E-state index < -0.39 is 6.80 Å². The molecule has 1 heterocycles. The minimum Gasteiger partial charge on any atom is -0.414 e. The van der Waals surface area contributed by atoms with Crippen LogP contribution in [0.25, 0.3) is 0 Å². The van der Waals surface area contributed by atoms with Gasteiger partial charge in [-0.2, -0.15) is 0 Å². The van der Waals surface area contributed by atoms with Crippen LogP contribution in [0.5, 0.6) is 5.75 Å². The Balaban J connectivity index is 2.71. The second-order valence-corrected chi connectivity index (χ2v) is 7.37. The molecule has 0 fully saturated rings. The normalized spacial score (nSPS) is 14.3. The zero-order chi connectivity index (χ0) is 12.7. The molecule has 1 aromatic rings. The van der Waals surface area contributed by atoms with E-state index in [0.29, 0.717) is 18.2 Å². The number of aromatic nitrogens is 2. The highest BCUT2D eigenvalue weighted by molar-refractivity contribution is 8.55. The Kier molecular flexibility index (Phi) is 5.95. The largest absolute Gasteiger partial charge is 0.440 e. The smallest absolute Gasteiger partial charge is 0.414 e. The number of aryl methyl sites for hydroxylation is 1. The molecule has 5 nitrogen and oxygen atoms in total. The van der Waals surface area contributed by atoms with Crippen LogP contribution in [0.3, 0.4) is 0 Å². The van der Waals surface area contributed by atoms with Gasteiger partial charge in [-0.15, -0.1) is 0 Å². The Hall–Kier alpha value is -0.580. The Morgan fingerprint density at radius 3 is 2.53 bits per heavy atom. The van der Waals surface area contributed by atoms with Crippen LogP contribution < -0.4 is 4.52 Å². The van der Waals surface area contributed by atoms with Crippen molar-refractivity contribution in [2.24, 2.45) is 0 Å². The van der Waals surface area contributed by atoms with Gasteiger partial charge in [-0.05, 0) is 31.7 Å². The molecule has 0 bridgehead atoms. The minimum atomic E-state index is -3.14. The molecule has 1 unspecified atom stereocenters. The van der Waals surface area contributed by atoms with Crippen molar-refractivity contribution >= 4 is 18.2 Å². The molecule has 0 aromatic carbocycles. The maximum atomic E-state index is 12.3. The highest BCUT2D eigenvalue weighted by Gasteiger charge is 2.26. The van der Waals surface area contributed by atoms with E-state index in [1.807, 2.05) is 6.92 Å². The molecule has 0 amide bonds. The first-order valence-electron chi connectivity index (χ1n) is 5.47. The molecule has 0 aliphatic rings. The second kappa shape index (κ2) is 6.99. The highest BCUT2D eigenvalue weighted by atomic mass is 32.7. The summed E-state index contributed by atoms with van der Waals surface area (Å²) < 4.78 is 22.9. The Bertz CT molecular complexity index is 386. The summed E-state index contributed by atoms with van der Waals surface area (Å²) >= 11 is 1.20. The zero-order valence-electron chi connectivity index (χ0n) is 10.3. The van der Waals surface area contributed by atoms with Crippen molar-refractivity contribution < 1.29 is 13.6 Å². The number of nitrogens with zero attached hydrogens (tertiary/aromatic N) is 2. The van der Waals surface area contributed by atoms with Gasteiger partial charge < -0.3 is 4.52 Å². The summed E-state index contributed by atoms with van der Waals surface area (Å²) in [6, 6.07) is 0. The second-order valence-electron chi connectivity index (χ2n) is 3.26. The quantitative estimate of drug-likeness (QED) is 0.711. The van der Waals surface area contributed by atoms with E-state index in [1.165, 1.54) is 23.8 Å². The summed E-state index contributed by atoms with van der Waals surface area (Å²) in [5.74, 6) is 1.74. The van der Waals surface area contributed by atoms with Gasteiger partial charge in [0, 0.05) is 5.75 Å². The van der Waals surface area contributed by atoms with Gasteiger partial charge in [0.15, 0.2) is 5.75 Å². The van der Waals surface area contributed by atoms with Crippen molar-refractivity contribution in [2.45, 2.75) is 27.2 Å². The van der Waals surface area contributed by atoms with Crippen LogP contribution in [-0.4, -0.2) is 22.3 Å². The summed E-state index contributed by atoms with van der Waals surface area (Å²) in [7, 11) is 0. The van der Waals surface area contributed by atoms with Crippen molar-refractivity contribution in [2.75, 3.05) is 12.4 Å². The first-order valence-corrected chi connectivity index (χ1v) is 8.60. The van der Waals surface area contributed by atoms with Crippen molar-refractivity contribution in [3.8, 4) is 5.75 Å². The van der Waals surface area contributed by atoms with E-state index in [2.05, 4.69) is 9.97 Å². The van der Waals surface area contributed by atoms with Gasteiger partial charge in [0.25, 0.3) is 0 Å². The van der Waals surface area contributed by atoms with Crippen LogP contribution in [0.15, 0.2) is 12.4 Å². The van der Waals surface area contributed by atoms with Gasteiger partial charge in [0.05, 0.1) is 19.0 Å². The van der Waals surface area contributed by atoms with Crippen LogP contribution in [0.1, 0.15) is 26.1 Å². The first-order chi connectivity index (χ1) is 8.09. The summed E-state index contributed by atoms with van der Waals surface area (Å²) in [4.78, 5) is 7.96. The van der Waals surface area contributed by atoms with Crippen LogP contribution in [0, 0.1) is 6.92 Å². The molecular formula is C10H17N2O3PS. The molecule has 1 aromatic heterocycles. The predicted octanol–water partition coefficient (Wildman–Crippen LogP) is 3.45. The van der Waals surface area contributed by atoms with E-state index >= 15 is 0 Å². The molecule has 0 aliphatic carbocycles. The van der Waals surface area contributed by atoms with Gasteiger partial charge in [-0.1, -0.05) is 6.92 Å². The Morgan fingerprint density at radius 2 is 2.00 bits per heavy atom. The molecule has 0 N–H and O–H groups in total. The molecule has 0 saturated heterocycles. The predicted molar refractivity (Wildman–Crippen MR) is 69.4 cm³/mol. The molecule has 7 heteroatoms. The van der Waals surface area contributed by atoms with Crippen molar-refractivity contribution in [3.05, 3.63) is 18.2 Å². The van der Waals surface area contributed by atoms with Gasteiger partial charge in [-0.3, -0.25) is 4.52 Å². The Morgan fingerprint density at radius 1 is 1.35 bits per heavy atom. The van der Waals surface area contributed by atoms with E-state index in [9.17, 15) is 4.57 Å². The monoisotopic (exact) mass is 276 g/mol. The van der Waals surface area contributed by atoms with Gasteiger partial charge in [-0.25, -0.2) is 14.5 Å². The molecule has 0 aliphatic heterocycles. The molecule has 0 spiro atoms. The lowest BCUT2D eigenvalue weighted by molar-refractivity contribution is 0.295. The summed E-state index contributed by atoms with van der Waals surface area (Å²) in [6.45, 7) is 2.79. The third kappa shape index (κ3) is 5.06. The lowest BCUT2D eigenvalue weighted by atomic mass is 10.6. The molecular weight excluding hydrogens is 259 g/mol. The molecule has 1 rings (SSSR count). The average Bonchev–Trinajstić information content (AvgIpc) is 2.30. The van der Waals surface area contributed by atoms with E-state index in [4.69, 9.17) is 9.05 Å². The average molecular weight is 276 g/mol. The summed E-state index contributed by atoms with van der Waals surface area (Å²) in [5, 5.41) is 0. The van der Waals surface area contributed by atoms with Crippen molar-refractivity contribution in [1.82, 2.24) is 9.97 Å². The van der Waals surface area contributed by atoms with Gasteiger partial charge in [0.1, 0.15) is 5.82 Å². The lowest BCUT2D eigenvalue weighted by Gasteiger charge is -2.16. The summed E-state index contributed by atoms with van der Waals surface area (Å²) in [6.07, 6.45) is 3.91. The van der Waals surface area contributed by atoms with Crippen LogP contribution >= 0.6 is 18.2 Å². The fourth-order valence-corrected chi connectivity index (χ4v) is 4.44. The van der Waals surface area contributed by atoms with Crippen LogP contribution in [0.2, 0.25) is 0 Å². The zero-order valence-corrected chi connectivity index (χ0v) is 12.0. The van der Waals surface area contributed by atoms with Crippen molar-refractivity contribution in [3.63, 3.8) is 0 Å². The molecule has 0 radical (unpaired) electrons. The molecule has 96 valence electrons. The highest BCUT2D eigenvalue weighted by Crippen LogP contribution is 2.59. The topological polar surface area (TPSA) is 61.3 Å². The van der Waals surface area contributed by atoms with Gasteiger partial charge in [0.2, 0.25) is 0 Å². The first kappa shape index (κ1) is 14.5.